The molecule has 2 heteroatoms. The van der Waals surface area contributed by atoms with Gasteiger partial charge in [-0.1, -0.05) is 24.1 Å². The lowest BCUT2D eigenvalue weighted by Crippen LogP contribution is -2.00. The Hall–Kier alpha value is -1.05. The van der Waals surface area contributed by atoms with Gasteiger partial charge in [0, 0.05) is 6.08 Å². The summed E-state index contributed by atoms with van der Waals surface area (Å²) < 4.78 is 4.83. The monoisotopic (exact) mass is 210 g/mol. The predicted molar refractivity (Wildman–Crippen MR) is 63.7 cm³/mol. The largest absolute Gasteiger partial charge is 0.463 e. The molecule has 0 saturated carbocycles. The van der Waals surface area contributed by atoms with Crippen molar-refractivity contribution in [3.05, 3.63) is 23.3 Å². The van der Waals surface area contributed by atoms with Crippen LogP contribution >= 0.6 is 0 Å². The number of esters is 1. The van der Waals surface area contributed by atoms with Crippen LogP contribution in [0.2, 0.25) is 0 Å². The first-order valence-corrected chi connectivity index (χ1v) is 5.59. The van der Waals surface area contributed by atoms with E-state index in [4.69, 9.17) is 4.74 Å². The Labute approximate surface area is 93.0 Å². The maximum atomic E-state index is 11.1. The first kappa shape index (κ1) is 13.9. The standard InChI is InChI=1S/C13H22O2/c1-5-11(3)8-7-9-12(4)10-13(14)15-6-2/h8,10H,5-7,9H2,1-4H3. The average Bonchev–Trinajstić information content (AvgIpc) is 2.17. The van der Waals surface area contributed by atoms with E-state index in [-0.39, 0.29) is 5.97 Å². The lowest BCUT2D eigenvalue weighted by atomic mass is 10.1. The number of hydrogen-bond acceptors (Lipinski definition) is 2. The molecule has 0 N–H and O–H groups in total. The molecule has 86 valence electrons. The molecule has 0 aromatic rings. The van der Waals surface area contributed by atoms with Gasteiger partial charge in [0.1, 0.15) is 0 Å². The van der Waals surface area contributed by atoms with Crippen LogP contribution in [0.15, 0.2) is 23.3 Å². The fourth-order valence-electron chi connectivity index (χ4n) is 1.15. The van der Waals surface area contributed by atoms with Gasteiger partial charge in [0.25, 0.3) is 0 Å². The minimum atomic E-state index is -0.230. The van der Waals surface area contributed by atoms with Gasteiger partial charge in [0.15, 0.2) is 0 Å². The molecule has 0 atom stereocenters. The highest BCUT2D eigenvalue weighted by Crippen LogP contribution is 2.08. The molecule has 0 unspecified atom stereocenters. The molecule has 0 spiro atoms. The summed E-state index contributed by atoms with van der Waals surface area (Å²) in [7, 11) is 0. The third-order valence-electron chi connectivity index (χ3n) is 2.24. The molecule has 0 aliphatic carbocycles. The number of carbonyl (C=O) groups excluding carboxylic acids is 1. The lowest BCUT2D eigenvalue weighted by molar-refractivity contribution is -0.137. The van der Waals surface area contributed by atoms with Crippen LogP contribution in [0.4, 0.5) is 0 Å². The second-order valence-electron chi connectivity index (χ2n) is 3.69. The molecule has 0 aromatic heterocycles. The number of ether oxygens (including phenoxy) is 1. The Morgan fingerprint density at radius 1 is 1.20 bits per heavy atom. The van der Waals surface area contributed by atoms with E-state index in [1.807, 2.05) is 13.8 Å². The Kier molecular flexibility index (Phi) is 7.69. The summed E-state index contributed by atoms with van der Waals surface area (Å²) in [6.45, 7) is 8.50. The zero-order valence-corrected chi connectivity index (χ0v) is 10.3. The Morgan fingerprint density at radius 3 is 2.40 bits per heavy atom. The molecule has 0 amide bonds. The van der Waals surface area contributed by atoms with Crippen LogP contribution in [0.25, 0.3) is 0 Å². The zero-order valence-electron chi connectivity index (χ0n) is 10.3. The third kappa shape index (κ3) is 7.98. The van der Waals surface area contributed by atoms with Crippen LogP contribution in [0, 0.1) is 0 Å². The zero-order chi connectivity index (χ0) is 11.7. The van der Waals surface area contributed by atoms with Gasteiger partial charge in [-0.05, 0) is 40.0 Å². The van der Waals surface area contributed by atoms with E-state index in [0.29, 0.717) is 6.61 Å². The minimum Gasteiger partial charge on any atom is -0.463 e. The molecule has 0 rings (SSSR count). The molecule has 0 aromatic carbocycles. The molecule has 0 radical (unpaired) electrons. The number of allylic oxidation sites excluding steroid dienone is 3. The van der Waals surface area contributed by atoms with Crippen LogP contribution in [0.3, 0.4) is 0 Å². The van der Waals surface area contributed by atoms with Gasteiger partial charge in [-0.25, -0.2) is 4.79 Å². The summed E-state index contributed by atoms with van der Waals surface area (Å²) in [5, 5.41) is 0. The van der Waals surface area contributed by atoms with Crippen molar-refractivity contribution in [1.82, 2.24) is 0 Å². The third-order valence-corrected chi connectivity index (χ3v) is 2.24. The summed E-state index contributed by atoms with van der Waals surface area (Å²) in [6, 6.07) is 0. The van der Waals surface area contributed by atoms with Crippen molar-refractivity contribution < 1.29 is 9.53 Å². The van der Waals surface area contributed by atoms with Crippen molar-refractivity contribution in [2.45, 2.75) is 47.0 Å². The molecule has 2 nitrogen and oxygen atoms in total. The van der Waals surface area contributed by atoms with Crippen molar-refractivity contribution in [2.75, 3.05) is 6.61 Å². The summed E-state index contributed by atoms with van der Waals surface area (Å²) in [5.41, 5.74) is 2.48. The Morgan fingerprint density at radius 2 is 1.87 bits per heavy atom. The van der Waals surface area contributed by atoms with Crippen molar-refractivity contribution in [2.24, 2.45) is 0 Å². The van der Waals surface area contributed by atoms with Gasteiger partial charge in [-0.15, -0.1) is 0 Å². The molecule has 0 bridgehead atoms. The van der Waals surface area contributed by atoms with E-state index in [1.54, 1.807) is 6.08 Å². The number of hydrogen-bond donors (Lipinski definition) is 0. The molecular formula is C13H22O2. The quantitative estimate of drug-likeness (QED) is 0.380. The maximum Gasteiger partial charge on any atom is 0.330 e. The van der Waals surface area contributed by atoms with Crippen LogP contribution in [0.1, 0.15) is 47.0 Å². The Bertz CT molecular complexity index is 249. The SMILES string of the molecule is CCOC(=O)C=C(C)CCC=C(C)CC. The van der Waals surface area contributed by atoms with Crippen molar-refractivity contribution in [3.8, 4) is 0 Å². The van der Waals surface area contributed by atoms with Crippen molar-refractivity contribution in [3.63, 3.8) is 0 Å². The van der Waals surface area contributed by atoms with Gasteiger partial charge in [0.2, 0.25) is 0 Å². The normalized spacial score (nSPS) is 12.8. The first-order chi connectivity index (χ1) is 7.10. The smallest absolute Gasteiger partial charge is 0.330 e. The van der Waals surface area contributed by atoms with Gasteiger partial charge in [-0.3, -0.25) is 0 Å². The van der Waals surface area contributed by atoms with E-state index in [2.05, 4.69) is 19.9 Å². The van der Waals surface area contributed by atoms with E-state index >= 15 is 0 Å². The van der Waals surface area contributed by atoms with Gasteiger partial charge < -0.3 is 4.74 Å². The lowest BCUT2D eigenvalue weighted by Gasteiger charge is -2.00. The summed E-state index contributed by atoms with van der Waals surface area (Å²) in [6.07, 6.45) is 6.83. The molecule has 0 saturated heterocycles. The second kappa shape index (κ2) is 8.27. The van der Waals surface area contributed by atoms with E-state index in [9.17, 15) is 4.79 Å². The molecule has 0 aliphatic rings. The minimum absolute atomic E-state index is 0.230. The van der Waals surface area contributed by atoms with Crippen LogP contribution in [0.5, 0.6) is 0 Å². The van der Waals surface area contributed by atoms with Crippen molar-refractivity contribution >= 4 is 5.97 Å². The highest BCUT2D eigenvalue weighted by molar-refractivity contribution is 5.82. The first-order valence-electron chi connectivity index (χ1n) is 5.59. The van der Waals surface area contributed by atoms with E-state index in [0.717, 1.165) is 24.8 Å². The maximum absolute atomic E-state index is 11.1. The molecule has 0 aliphatic heterocycles. The molecule has 0 heterocycles. The summed E-state index contributed by atoms with van der Waals surface area (Å²) in [5.74, 6) is -0.230. The number of carbonyl (C=O) groups is 1. The highest BCUT2D eigenvalue weighted by Gasteiger charge is 1.97. The summed E-state index contributed by atoms with van der Waals surface area (Å²) in [4.78, 5) is 11.1. The van der Waals surface area contributed by atoms with E-state index in [1.165, 1.54) is 5.57 Å². The molecule has 15 heavy (non-hydrogen) atoms. The fourth-order valence-corrected chi connectivity index (χ4v) is 1.15. The fraction of sp³-hybridized carbons (Fsp3) is 0.615. The van der Waals surface area contributed by atoms with Crippen LogP contribution in [-0.2, 0) is 9.53 Å². The predicted octanol–water partition coefficient (Wildman–Crippen LogP) is 3.63. The molecule has 0 fully saturated rings. The van der Waals surface area contributed by atoms with Gasteiger partial charge in [-0.2, -0.15) is 0 Å². The number of rotatable bonds is 6. The summed E-state index contributed by atoms with van der Waals surface area (Å²) >= 11 is 0. The van der Waals surface area contributed by atoms with E-state index < -0.39 is 0 Å². The molecular weight excluding hydrogens is 188 g/mol. The van der Waals surface area contributed by atoms with Crippen LogP contribution in [-0.4, -0.2) is 12.6 Å². The van der Waals surface area contributed by atoms with Gasteiger partial charge in [0.05, 0.1) is 6.61 Å². The Balaban J connectivity index is 3.92. The average molecular weight is 210 g/mol. The second-order valence-corrected chi connectivity index (χ2v) is 3.69. The highest BCUT2D eigenvalue weighted by atomic mass is 16.5. The van der Waals surface area contributed by atoms with Gasteiger partial charge >= 0.3 is 5.97 Å². The van der Waals surface area contributed by atoms with Crippen LogP contribution < -0.4 is 0 Å². The van der Waals surface area contributed by atoms with Crippen molar-refractivity contribution in [1.29, 1.82) is 0 Å². The topological polar surface area (TPSA) is 26.3 Å².